The van der Waals surface area contributed by atoms with Gasteiger partial charge in [0, 0.05) is 29.9 Å². The number of methoxy groups -OCH3 is 2. The Labute approximate surface area is 185 Å². The van der Waals surface area contributed by atoms with Crippen LogP contribution < -0.4 is 9.47 Å². The van der Waals surface area contributed by atoms with Crippen LogP contribution in [0.15, 0.2) is 36.4 Å². The molecule has 0 bridgehead atoms. The molecule has 168 valence electrons. The average molecular weight is 427 g/mol. The van der Waals surface area contributed by atoms with E-state index in [9.17, 15) is 4.79 Å². The van der Waals surface area contributed by atoms with E-state index in [4.69, 9.17) is 19.3 Å². The zero-order chi connectivity index (χ0) is 23.4. The molecule has 0 amide bonds. The number of benzene rings is 2. The number of ether oxygens (including phenoxy) is 3. The lowest BCUT2D eigenvalue weighted by Crippen LogP contribution is -2.18. The van der Waals surface area contributed by atoms with Gasteiger partial charge in [0.25, 0.3) is 0 Å². The first-order chi connectivity index (χ1) is 14.4. The lowest BCUT2D eigenvalue weighted by atomic mass is 9.78. The van der Waals surface area contributed by atoms with Gasteiger partial charge in [0.1, 0.15) is 11.5 Å². The molecule has 5 heteroatoms. The first kappa shape index (κ1) is 24.5. The predicted molar refractivity (Wildman–Crippen MR) is 125 cm³/mol. The van der Waals surface area contributed by atoms with Crippen LogP contribution in [0.25, 0.3) is 17.2 Å². The highest BCUT2D eigenvalue weighted by molar-refractivity contribution is 5.86. The summed E-state index contributed by atoms with van der Waals surface area (Å²) in [5.74, 6) is 0.421. The van der Waals surface area contributed by atoms with Gasteiger partial charge >= 0.3 is 5.97 Å². The van der Waals surface area contributed by atoms with E-state index in [0.717, 1.165) is 34.1 Å². The van der Waals surface area contributed by atoms with Gasteiger partial charge in [-0.15, -0.1) is 0 Å². The second-order valence-corrected chi connectivity index (χ2v) is 9.58. The number of rotatable bonds is 7. The van der Waals surface area contributed by atoms with Crippen LogP contribution in [0.2, 0.25) is 0 Å². The van der Waals surface area contributed by atoms with Crippen LogP contribution in [0.3, 0.4) is 0 Å². The number of aliphatic carboxylic acids is 1. The minimum Gasteiger partial charge on any atom is -0.496 e. The molecular formula is C26H34O5. The van der Waals surface area contributed by atoms with Crippen molar-refractivity contribution in [1.29, 1.82) is 0 Å². The highest BCUT2D eigenvalue weighted by atomic mass is 16.7. The van der Waals surface area contributed by atoms with E-state index in [-0.39, 0.29) is 17.6 Å². The normalized spacial score (nSPS) is 12.3. The van der Waals surface area contributed by atoms with Crippen molar-refractivity contribution in [3.05, 3.63) is 53.1 Å². The highest BCUT2D eigenvalue weighted by Crippen LogP contribution is 2.45. The fraction of sp³-hybridized carbons (Fsp3) is 0.423. The van der Waals surface area contributed by atoms with E-state index in [1.807, 2.05) is 18.2 Å². The summed E-state index contributed by atoms with van der Waals surface area (Å²) in [5.41, 5.74) is 4.53. The SMILES string of the molecule is COCOc1ccc(C=CC(=O)O)cc1-c1cc(C(C)(C)C)cc(C(C)(C)C)c1OC. The molecule has 0 aromatic heterocycles. The molecule has 2 rings (SSSR count). The lowest BCUT2D eigenvalue weighted by molar-refractivity contribution is -0.131. The molecular weight excluding hydrogens is 392 g/mol. The minimum absolute atomic E-state index is 0.0740. The number of carboxylic acid groups (broad SMARTS) is 1. The van der Waals surface area contributed by atoms with Crippen molar-refractivity contribution in [3.63, 3.8) is 0 Å². The summed E-state index contributed by atoms with van der Waals surface area (Å²) in [6.07, 6.45) is 2.69. The van der Waals surface area contributed by atoms with Gasteiger partial charge in [-0.05, 0) is 46.2 Å². The third-order valence-electron chi connectivity index (χ3n) is 5.01. The third-order valence-corrected chi connectivity index (χ3v) is 5.01. The van der Waals surface area contributed by atoms with Gasteiger partial charge < -0.3 is 19.3 Å². The number of carbonyl (C=O) groups is 1. The fourth-order valence-corrected chi connectivity index (χ4v) is 3.32. The Kier molecular flexibility index (Phi) is 7.55. The zero-order valence-corrected chi connectivity index (χ0v) is 19.8. The Hall–Kier alpha value is -2.79. The van der Waals surface area contributed by atoms with E-state index in [0.29, 0.717) is 5.75 Å². The van der Waals surface area contributed by atoms with Crippen molar-refractivity contribution in [1.82, 2.24) is 0 Å². The second kappa shape index (κ2) is 9.56. The maximum Gasteiger partial charge on any atom is 0.328 e. The van der Waals surface area contributed by atoms with Crippen molar-refractivity contribution in [2.45, 2.75) is 52.4 Å². The predicted octanol–water partition coefficient (Wildman–Crippen LogP) is 6.04. The van der Waals surface area contributed by atoms with E-state index in [1.165, 1.54) is 5.56 Å². The fourth-order valence-electron chi connectivity index (χ4n) is 3.32. The monoisotopic (exact) mass is 426 g/mol. The molecule has 2 aromatic carbocycles. The Balaban J connectivity index is 2.87. The number of carboxylic acids is 1. The van der Waals surface area contributed by atoms with Crippen molar-refractivity contribution in [3.8, 4) is 22.6 Å². The zero-order valence-electron chi connectivity index (χ0n) is 19.8. The molecule has 0 aliphatic carbocycles. The molecule has 2 aromatic rings. The molecule has 0 heterocycles. The van der Waals surface area contributed by atoms with Gasteiger partial charge in [0.05, 0.1) is 7.11 Å². The molecule has 0 atom stereocenters. The summed E-state index contributed by atoms with van der Waals surface area (Å²) in [6.45, 7) is 13.1. The van der Waals surface area contributed by atoms with Crippen LogP contribution in [0, 0.1) is 0 Å². The number of hydrogen-bond donors (Lipinski definition) is 1. The van der Waals surface area contributed by atoms with E-state index >= 15 is 0 Å². The smallest absolute Gasteiger partial charge is 0.328 e. The van der Waals surface area contributed by atoms with Crippen LogP contribution >= 0.6 is 0 Å². The van der Waals surface area contributed by atoms with Crippen LogP contribution in [-0.4, -0.2) is 32.1 Å². The van der Waals surface area contributed by atoms with Crippen LogP contribution in [0.4, 0.5) is 0 Å². The van der Waals surface area contributed by atoms with E-state index in [2.05, 4.69) is 53.7 Å². The van der Waals surface area contributed by atoms with Crippen molar-refractivity contribution in [2.75, 3.05) is 21.0 Å². The Bertz CT molecular complexity index is 959. The first-order valence-corrected chi connectivity index (χ1v) is 10.3. The lowest BCUT2D eigenvalue weighted by Gasteiger charge is -2.29. The van der Waals surface area contributed by atoms with E-state index in [1.54, 1.807) is 20.3 Å². The van der Waals surface area contributed by atoms with Gasteiger partial charge in [-0.3, -0.25) is 0 Å². The summed E-state index contributed by atoms with van der Waals surface area (Å²) in [5, 5.41) is 9.02. The molecule has 5 nitrogen and oxygen atoms in total. The molecule has 0 aliphatic heterocycles. The van der Waals surface area contributed by atoms with Gasteiger partial charge in [0.2, 0.25) is 0 Å². The van der Waals surface area contributed by atoms with Crippen molar-refractivity contribution >= 4 is 12.0 Å². The Morgan fingerprint density at radius 1 is 0.968 bits per heavy atom. The van der Waals surface area contributed by atoms with Gasteiger partial charge in [-0.1, -0.05) is 53.7 Å². The summed E-state index contributed by atoms with van der Waals surface area (Å²) in [4.78, 5) is 11.0. The minimum atomic E-state index is -0.997. The van der Waals surface area contributed by atoms with Crippen LogP contribution in [0.1, 0.15) is 58.2 Å². The quantitative estimate of drug-likeness (QED) is 0.432. The molecule has 0 unspecified atom stereocenters. The third kappa shape index (κ3) is 6.11. The first-order valence-electron chi connectivity index (χ1n) is 10.3. The van der Waals surface area contributed by atoms with E-state index < -0.39 is 5.97 Å². The van der Waals surface area contributed by atoms with Crippen molar-refractivity contribution < 1.29 is 24.1 Å². The Morgan fingerprint density at radius 2 is 1.65 bits per heavy atom. The van der Waals surface area contributed by atoms with Gasteiger partial charge in [-0.25, -0.2) is 4.79 Å². The number of hydrogen-bond acceptors (Lipinski definition) is 4. The summed E-state index contributed by atoms with van der Waals surface area (Å²) in [6, 6.07) is 9.91. The van der Waals surface area contributed by atoms with Gasteiger partial charge in [0.15, 0.2) is 6.79 Å². The molecule has 0 saturated carbocycles. The molecule has 0 fully saturated rings. The average Bonchev–Trinajstić information content (AvgIpc) is 2.68. The maximum absolute atomic E-state index is 11.0. The largest absolute Gasteiger partial charge is 0.496 e. The van der Waals surface area contributed by atoms with Gasteiger partial charge in [-0.2, -0.15) is 0 Å². The second-order valence-electron chi connectivity index (χ2n) is 9.58. The van der Waals surface area contributed by atoms with Crippen LogP contribution in [0.5, 0.6) is 11.5 Å². The molecule has 0 aliphatic rings. The summed E-state index contributed by atoms with van der Waals surface area (Å²) >= 11 is 0. The molecule has 31 heavy (non-hydrogen) atoms. The van der Waals surface area contributed by atoms with Crippen molar-refractivity contribution in [2.24, 2.45) is 0 Å². The maximum atomic E-state index is 11.0. The topological polar surface area (TPSA) is 65.0 Å². The highest BCUT2D eigenvalue weighted by Gasteiger charge is 2.27. The Morgan fingerprint density at radius 3 is 2.16 bits per heavy atom. The summed E-state index contributed by atoms with van der Waals surface area (Å²) < 4.78 is 16.9. The molecule has 0 saturated heterocycles. The summed E-state index contributed by atoms with van der Waals surface area (Å²) in [7, 11) is 3.25. The molecule has 1 N–H and O–H groups in total. The van der Waals surface area contributed by atoms with Crippen LogP contribution in [-0.2, 0) is 20.4 Å². The molecule has 0 spiro atoms. The standard InChI is InChI=1S/C26H34O5/c1-25(2,3)18-14-20(24(30-8)21(15-18)26(4,5)6)19-13-17(10-12-23(27)28)9-11-22(19)31-16-29-7/h9-15H,16H2,1-8H3,(H,27,28). The molecule has 0 radical (unpaired) electrons.